The molecule has 1 aromatic heterocycles. The van der Waals surface area contributed by atoms with Crippen LogP contribution in [-0.2, 0) is 4.79 Å². The van der Waals surface area contributed by atoms with Crippen molar-refractivity contribution in [1.29, 1.82) is 0 Å². The van der Waals surface area contributed by atoms with Gasteiger partial charge in [-0.15, -0.1) is 0 Å². The number of oxazole rings is 1. The second-order valence-corrected chi connectivity index (χ2v) is 8.45. The largest absolute Gasteiger partial charge is 0.436 e. The third-order valence-electron chi connectivity index (χ3n) is 5.77. The summed E-state index contributed by atoms with van der Waals surface area (Å²) in [5, 5.41) is 3.07. The van der Waals surface area contributed by atoms with Gasteiger partial charge in [-0.2, -0.15) is 0 Å². The van der Waals surface area contributed by atoms with Gasteiger partial charge < -0.3 is 19.5 Å². The van der Waals surface area contributed by atoms with E-state index in [0.717, 1.165) is 35.9 Å². The number of aromatic nitrogens is 1. The van der Waals surface area contributed by atoms with Gasteiger partial charge in [0.2, 0.25) is 11.8 Å². The molecular formula is C24H28N4O3. The molecule has 0 bridgehead atoms. The number of carbonyl (C=O) groups is 2. The summed E-state index contributed by atoms with van der Waals surface area (Å²) in [6.07, 6.45) is 2.55. The number of rotatable bonds is 6. The predicted molar refractivity (Wildman–Crippen MR) is 120 cm³/mol. The van der Waals surface area contributed by atoms with E-state index in [0.29, 0.717) is 18.0 Å². The summed E-state index contributed by atoms with van der Waals surface area (Å²) in [5.74, 6) is 0.550. The minimum Gasteiger partial charge on any atom is -0.436 e. The summed E-state index contributed by atoms with van der Waals surface area (Å²) in [7, 11) is 5.59. The van der Waals surface area contributed by atoms with Crippen LogP contribution in [0.4, 0.5) is 0 Å². The molecule has 2 atom stereocenters. The van der Waals surface area contributed by atoms with Crippen LogP contribution in [-0.4, -0.2) is 66.4 Å². The van der Waals surface area contributed by atoms with Gasteiger partial charge in [0.1, 0.15) is 5.52 Å². The number of hydrogen-bond donors (Lipinski definition) is 1. The Morgan fingerprint density at radius 2 is 1.81 bits per heavy atom. The summed E-state index contributed by atoms with van der Waals surface area (Å²) in [6.45, 7) is 0.377. The first-order valence-electron chi connectivity index (χ1n) is 10.6. The lowest BCUT2D eigenvalue weighted by Crippen LogP contribution is -2.41. The zero-order valence-electron chi connectivity index (χ0n) is 18.2. The first-order valence-corrected chi connectivity index (χ1v) is 10.6. The Hall–Kier alpha value is -3.19. The van der Waals surface area contributed by atoms with Crippen molar-refractivity contribution in [2.45, 2.75) is 31.3 Å². The summed E-state index contributed by atoms with van der Waals surface area (Å²) in [5.41, 5.74) is 3.01. The second-order valence-electron chi connectivity index (χ2n) is 8.45. The zero-order chi connectivity index (χ0) is 22.0. The molecule has 0 aliphatic heterocycles. The number of para-hydroxylation sites is 2. The third kappa shape index (κ3) is 4.77. The molecule has 1 fully saturated rings. The van der Waals surface area contributed by atoms with E-state index >= 15 is 0 Å². The minimum atomic E-state index is -0.0191. The number of fused-ring (bicyclic) bond motifs is 1. The lowest BCUT2D eigenvalue weighted by molar-refractivity contribution is -0.122. The van der Waals surface area contributed by atoms with Crippen molar-refractivity contribution in [1.82, 2.24) is 20.1 Å². The first-order chi connectivity index (χ1) is 14.9. The van der Waals surface area contributed by atoms with Crippen molar-refractivity contribution < 1.29 is 14.0 Å². The van der Waals surface area contributed by atoms with Crippen LogP contribution >= 0.6 is 0 Å². The highest BCUT2D eigenvalue weighted by Gasteiger charge is 2.31. The number of hydrogen-bond acceptors (Lipinski definition) is 5. The van der Waals surface area contributed by atoms with E-state index in [-0.39, 0.29) is 23.9 Å². The zero-order valence-corrected chi connectivity index (χ0v) is 18.2. The summed E-state index contributed by atoms with van der Waals surface area (Å²) < 4.78 is 5.81. The smallest absolute Gasteiger partial charge is 0.253 e. The highest BCUT2D eigenvalue weighted by Crippen LogP contribution is 2.27. The number of benzene rings is 2. The molecule has 1 aliphatic rings. The van der Waals surface area contributed by atoms with Gasteiger partial charge in [0, 0.05) is 30.3 Å². The van der Waals surface area contributed by atoms with E-state index in [4.69, 9.17) is 4.42 Å². The third-order valence-corrected chi connectivity index (χ3v) is 5.77. The van der Waals surface area contributed by atoms with Gasteiger partial charge in [0.25, 0.3) is 5.91 Å². The topological polar surface area (TPSA) is 78.7 Å². The van der Waals surface area contributed by atoms with Crippen molar-refractivity contribution in [2.24, 2.45) is 0 Å². The van der Waals surface area contributed by atoms with Gasteiger partial charge >= 0.3 is 0 Å². The molecule has 2 aromatic carbocycles. The molecule has 7 nitrogen and oxygen atoms in total. The van der Waals surface area contributed by atoms with E-state index in [2.05, 4.69) is 10.3 Å². The van der Waals surface area contributed by atoms with Crippen LogP contribution < -0.4 is 5.32 Å². The van der Waals surface area contributed by atoms with Crippen molar-refractivity contribution in [3.05, 3.63) is 54.1 Å². The van der Waals surface area contributed by atoms with Crippen LogP contribution in [0.1, 0.15) is 29.6 Å². The Morgan fingerprint density at radius 3 is 2.52 bits per heavy atom. The van der Waals surface area contributed by atoms with Crippen LogP contribution in [0, 0.1) is 0 Å². The lowest BCUT2D eigenvalue weighted by Gasteiger charge is -2.25. The first kappa shape index (κ1) is 21.1. The van der Waals surface area contributed by atoms with Gasteiger partial charge in [0.15, 0.2) is 5.58 Å². The van der Waals surface area contributed by atoms with Crippen molar-refractivity contribution >= 4 is 22.9 Å². The van der Waals surface area contributed by atoms with Gasteiger partial charge in [-0.25, -0.2) is 4.98 Å². The molecule has 31 heavy (non-hydrogen) atoms. The number of nitrogens with zero attached hydrogens (tertiary/aromatic N) is 3. The number of carbonyl (C=O) groups excluding carboxylic acids is 2. The van der Waals surface area contributed by atoms with Crippen molar-refractivity contribution in [3.8, 4) is 11.5 Å². The number of nitrogens with one attached hydrogen (secondary N) is 1. The van der Waals surface area contributed by atoms with Gasteiger partial charge in [-0.3, -0.25) is 9.59 Å². The van der Waals surface area contributed by atoms with Crippen molar-refractivity contribution in [3.63, 3.8) is 0 Å². The van der Waals surface area contributed by atoms with Crippen molar-refractivity contribution in [2.75, 3.05) is 27.7 Å². The SMILES string of the molecule is CN(C)CC(=O)N[C@H]1CC[C@@H](N(C)C(=O)c2ccc(-c3nc4ccccc4o3)cc2)C1. The highest BCUT2D eigenvalue weighted by molar-refractivity contribution is 5.94. The maximum absolute atomic E-state index is 13.0. The van der Waals surface area contributed by atoms with Crippen LogP contribution in [0.5, 0.6) is 0 Å². The fourth-order valence-electron chi connectivity index (χ4n) is 4.12. The highest BCUT2D eigenvalue weighted by atomic mass is 16.3. The van der Waals surface area contributed by atoms with E-state index in [1.54, 1.807) is 4.90 Å². The molecule has 1 N–H and O–H groups in total. The van der Waals surface area contributed by atoms with Crippen LogP contribution in [0.3, 0.4) is 0 Å². The molecule has 0 unspecified atom stereocenters. The van der Waals surface area contributed by atoms with E-state index in [1.807, 2.05) is 74.6 Å². The molecule has 3 aromatic rings. The van der Waals surface area contributed by atoms with Gasteiger partial charge in [-0.1, -0.05) is 12.1 Å². The molecule has 1 aliphatic carbocycles. The molecule has 162 valence electrons. The summed E-state index contributed by atoms with van der Waals surface area (Å²) in [6, 6.07) is 15.2. The average molecular weight is 421 g/mol. The van der Waals surface area contributed by atoms with Gasteiger partial charge in [0.05, 0.1) is 6.54 Å². The number of likely N-dealkylation sites (N-methyl/N-ethyl adjacent to an activating group) is 1. The van der Waals surface area contributed by atoms with E-state index in [9.17, 15) is 9.59 Å². The Labute approximate surface area is 182 Å². The predicted octanol–water partition coefficient (Wildman–Crippen LogP) is 3.17. The Morgan fingerprint density at radius 1 is 1.06 bits per heavy atom. The maximum atomic E-state index is 13.0. The summed E-state index contributed by atoms with van der Waals surface area (Å²) >= 11 is 0. The Balaban J connectivity index is 1.38. The molecule has 2 amide bonds. The Bertz CT molecular complexity index is 1040. The molecule has 7 heteroatoms. The molecule has 1 heterocycles. The lowest BCUT2D eigenvalue weighted by atomic mass is 10.1. The fraction of sp³-hybridized carbons (Fsp3) is 0.375. The Kier molecular flexibility index (Phi) is 6.04. The molecule has 1 saturated carbocycles. The normalized spacial score (nSPS) is 18.5. The van der Waals surface area contributed by atoms with Gasteiger partial charge in [-0.05, 0) is 69.8 Å². The minimum absolute atomic E-state index is 0.0191. The van der Waals surface area contributed by atoms with E-state index in [1.165, 1.54) is 0 Å². The van der Waals surface area contributed by atoms with Crippen LogP contribution in [0.25, 0.3) is 22.6 Å². The fourth-order valence-corrected chi connectivity index (χ4v) is 4.12. The quantitative estimate of drug-likeness (QED) is 0.663. The van der Waals surface area contributed by atoms with E-state index < -0.39 is 0 Å². The van der Waals surface area contributed by atoms with Crippen LogP contribution in [0.15, 0.2) is 52.9 Å². The van der Waals surface area contributed by atoms with Crippen LogP contribution in [0.2, 0.25) is 0 Å². The standard InChI is InChI=1S/C24H28N4O3/c1-27(2)15-22(29)25-18-12-13-19(14-18)28(3)24(30)17-10-8-16(9-11-17)23-26-20-6-4-5-7-21(20)31-23/h4-11,18-19H,12-15H2,1-3H3,(H,25,29)/t18-,19+/m0/s1. The number of amides is 2. The molecule has 0 radical (unpaired) electrons. The molecule has 0 saturated heterocycles. The second kappa shape index (κ2) is 8.89. The molecule has 4 rings (SSSR count). The monoisotopic (exact) mass is 420 g/mol. The summed E-state index contributed by atoms with van der Waals surface area (Å²) in [4.78, 5) is 33.1. The molecular weight excluding hydrogens is 392 g/mol. The molecule has 0 spiro atoms. The average Bonchev–Trinajstić information content (AvgIpc) is 3.39. The maximum Gasteiger partial charge on any atom is 0.253 e.